The van der Waals surface area contributed by atoms with Crippen molar-refractivity contribution in [2.45, 2.75) is 13.0 Å². The first kappa shape index (κ1) is 18.7. The monoisotopic (exact) mass is 364 g/mol. The van der Waals surface area contributed by atoms with Crippen LogP contribution in [0.1, 0.15) is 11.3 Å². The van der Waals surface area contributed by atoms with Crippen molar-refractivity contribution in [2.24, 2.45) is 0 Å². The summed E-state index contributed by atoms with van der Waals surface area (Å²) in [4.78, 5) is 5.03. The average molecular weight is 365 g/mol. The Bertz CT molecular complexity index is 612. The van der Waals surface area contributed by atoms with Gasteiger partial charge in [0.05, 0.1) is 34.3 Å². The number of hydrogen-bond donors (Lipinski definition) is 2. The molecule has 0 spiro atoms. The third kappa shape index (κ3) is 6.11. The van der Waals surface area contributed by atoms with Gasteiger partial charge in [-0.05, 0) is 47.9 Å². The lowest BCUT2D eigenvalue weighted by molar-refractivity contribution is -0.858. The van der Waals surface area contributed by atoms with Gasteiger partial charge in [-0.3, -0.25) is 0 Å². The maximum atomic E-state index is 5.65. The van der Waals surface area contributed by atoms with Gasteiger partial charge < -0.3 is 19.9 Å². The van der Waals surface area contributed by atoms with E-state index in [1.54, 1.807) is 18.4 Å². The van der Waals surface area contributed by atoms with Gasteiger partial charge in [0.2, 0.25) is 0 Å². The fourth-order valence-corrected chi connectivity index (χ4v) is 3.34. The molecule has 0 saturated heterocycles. The van der Waals surface area contributed by atoms with Crippen LogP contribution >= 0.6 is 23.6 Å². The smallest absolute Gasteiger partial charge is 0.173 e. The molecule has 0 fully saturated rings. The van der Waals surface area contributed by atoms with Crippen LogP contribution in [0, 0.1) is 0 Å². The van der Waals surface area contributed by atoms with E-state index in [-0.39, 0.29) is 0 Å². The Morgan fingerprint density at radius 3 is 2.58 bits per heavy atom. The lowest BCUT2D eigenvalue weighted by Crippen LogP contribution is -3.05. The number of benzene rings is 1. The quantitative estimate of drug-likeness (QED) is 0.704. The molecule has 0 aliphatic rings. The predicted molar refractivity (Wildman–Crippen MR) is 106 cm³/mol. The zero-order chi connectivity index (χ0) is 17.4. The number of nitrogens with zero attached hydrogens (tertiary/aromatic N) is 1. The number of hydrogen-bond acceptors (Lipinski definition) is 3. The minimum Gasteiger partial charge on any atom is -0.497 e. The normalized spacial score (nSPS) is 10.7. The summed E-state index contributed by atoms with van der Waals surface area (Å²) in [5.41, 5.74) is 0.982. The van der Waals surface area contributed by atoms with Crippen LogP contribution in [0.3, 0.4) is 0 Å². The average Bonchev–Trinajstić information content (AvgIpc) is 3.07. The third-order valence-corrected chi connectivity index (χ3v) is 4.88. The Kier molecular flexibility index (Phi) is 7.49. The van der Waals surface area contributed by atoms with Crippen LogP contribution in [0.4, 0.5) is 5.69 Å². The van der Waals surface area contributed by atoms with Crippen molar-refractivity contribution in [2.75, 3.05) is 39.6 Å². The summed E-state index contributed by atoms with van der Waals surface area (Å²) in [6.45, 7) is 2.93. The first-order valence-electron chi connectivity index (χ1n) is 8.10. The summed E-state index contributed by atoms with van der Waals surface area (Å²) in [7, 11) is 6.03. The molecule has 1 heterocycles. The van der Waals surface area contributed by atoms with Crippen LogP contribution in [0.25, 0.3) is 0 Å². The molecule has 0 unspecified atom stereocenters. The molecule has 0 radical (unpaired) electrons. The highest BCUT2D eigenvalue weighted by molar-refractivity contribution is 7.80. The molecule has 24 heavy (non-hydrogen) atoms. The van der Waals surface area contributed by atoms with Gasteiger partial charge in [0.25, 0.3) is 0 Å². The summed E-state index contributed by atoms with van der Waals surface area (Å²) in [5, 5.41) is 6.22. The molecule has 2 rings (SSSR count). The van der Waals surface area contributed by atoms with Gasteiger partial charge in [-0.25, -0.2) is 0 Å². The number of methoxy groups -OCH3 is 1. The molecule has 1 aromatic heterocycles. The van der Waals surface area contributed by atoms with Crippen molar-refractivity contribution < 1.29 is 9.64 Å². The van der Waals surface area contributed by atoms with E-state index in [1.165, 1.54) is 9.78 Å². The summed E-state index contributed by atoms with van der Waals surface area (Å²) in [5.74, 6) is 0.843. The second-order valence-corrected chi connectivity index (χ2v) is 7.39. The standard InChI is InChI=1S/C18H25N3OS2/c1-20(2)11-5-12-21(14-17-6-4-13-24-17)18(23)19-15-7-9-16(22-3)10-8-15/h4,6-10,13H,5,11-12,14H2,1-3H3,(H,19,23)/p+1. The Morgan fingerprint density at radius 2 is 2.00 bits per heavy atom. The number of quaternary nitrogens is 1. The van der Waals surface area contributed by atoms with Crippen molar-refractivity contribution >= 4 is 34.4 Å². The van der Waals surface area contributed by atoms with Crippen LogP contribution in [-0.2, 0) is 6.54 Å². The van der Waals surface area contributed by atoms with Crippen molar-refractivity contribution in [3.05, 3.63) is 46.7 Å². The minimum atomic E-state index is 0.766. The maximum absolute atomic E-state index is 5.65. The zero-order valence-electron chi connectivity index (χ0n) is 14.5. The molecule has 0 amide bonds. The number of nitrogens with one attached hydrogen (secondary N) is 2. The minimum absolute atomic E-state index is 0.766. The third-order valence-electron chi connectivity index (χ3n) is 3.66. The van der Waals surface area contributed by atoms with E-state index in [0.717, 1.165) is 42.6 Å². The molecular formula is C18H26N3OS2+. The molecular weight excluding hydrogens is 338 g/mol. The van der Waals surface area contributed by atoms with E-state index in [0.29, 0.717) is 0 Å². The topological polar surface area (TPSA) is 28.9 Å². The van der Waals surface area contributed by atoms with Gasteiger partial charge in [0.1, 0.15) is 5.75 Å². The highest BCUT2D eigenvalue weighted by atomic mass is 32.1. The number of anilines is 1. The summed E-state index contributed by atoms with van der Waals surface area (Å²) in [6.07, 6.45) is 1.11. The largest absolute Gasteiger partial charge is 0.497 e. The molecule has 0 atom stereocenters. The maximum Gasteiger partial charge on any atom is 0.173 e. The van der Waals surface area contributed by atoms with Crippen molar-refractivity contribution in [3.63, 3.8) is 0 Å². The molecule has 4 nitrogen and oxygen atoms in total. The fourth-order valence-electron chi connectivity index (χ4n) is 2.34. The second kappa shape index (κ2) is 9.61. The Hall–Kier alpha value is -1.63. The Balaban J connectivity index is 1.98. The number of rotatable bonds is 8. The predicted octanol–water partition coefficient (Wildman–Crippen LogP) is 2.49. The molecule has 130 valence electrons. The van der Waals surface area contributed by atoms with Crippen molar-refractivity contribution in [1.82, 2.24) is 4.90 Å². The second-order valence-electron chi connectivity index (χ2n) is 5.97. The van der Waals surface area contributed by atoms with E-state index < -0.39 is 0 Å². The first-order valence-corrected chi connectivity index (χ1v) is 9.38. The van der Waals surface area contributed by atoms with Gasteiger partial charge in [-0.1, -0.05) is 6.07 Å². The molecule has 2 N–H and O–H groups in total. The summed E-state index contributed by atoms with van der Waals surface area (Å²) < 4.78 is 5.20. The molecule has 0 saturated carbocycles. The SMILES string of the molecule is COc1ccc(NC(=S)N(CCC[NH+](C)C)Cc2cccs2)cc1. The van der Waals surface area contributed by atoms with Gasteiger partial charge in [-0.2, -0.15) is 0 Å². The number of thiocarbonyl (C=S) groups is 1. The molecule has 1 aromatic carbocycles. The number of thiophene rings is 1. The van der Waals surface area contributed by atoms with E-state index in [4.69, 9.17) is 17.0 Å². The number of ether oxygens (including phenoxy) is 1. The fraction of sp³-hybridized carbons (Fsp3) is 0.389. The zero-order valence-corrected chi connectivity index (χ0v) is 16.2. The van der Waals surface area contributed by atoms with E-state index in [2.05, 4.69) is 41.8 Å². The molecule has 2 aromatic rings. The summed E-state index contributed by atoms with van der Waals surface area (Å²) >= 11 is 7.42. The van der Waals surface area contributed by atoms with Gasteiger partial charge >= 0.3 is 0 Å². The van der Waals surface area contributed by atoms with E-state index in [1.807, 2.05) is 24.3 Å². The van der Waals surface area contributed by atoms with Crippen LogP contribution in [0.15, 0.2) is 41.8 Å². The lowest BCUT2D eigenvalue weighted by atomic mass is 10.3. The van der Waals surface area contributed by atoms with Crippen LogP contribution in [0.2, 0.25) is 0 Å². The van der Waals surface area contributed by atoms with Crippen molar-refractivity contribution in [3.8, 4) is 5.75 Å². The van der Waals surface area contributed by atoms with Gasteiger partial charge in [-0.15, -0.1) is 11.3 Å². The van der Waals surface area contributed by atoms with Gasteiger partial charge in [0, 0.05) is 23.5 Å². The summed E-state index contributed by atoms with van der Waals surface area (Å²) in [6, 6.07) is 12.1. The molecule has 0 aliphatic heterocycles. The molecule has 0 bridgehead atoms. The van der Waals surface area contributed by atoms with Crippen LogP contribution in [0.5, 0.6) is 5.75 Å². The highest BCUT2D eigenvalue weighted by Gasteiger charge is 2.12. The van der Waals surface area contributed by atoms with Gasteiger partial charge in [0.15, 0.2) is 5.11 Å². The van der Waals surface area contributed by atoms with E-state index >= 15 is 0 Å². The van der Waals surface area contributed by atoms with Crippen LogP contribution < -0.4 is 15.0 Å². The van der Waals surface area contributed by atoms with E-state index in [9.17, 15) is 0 Å². The lowest BCUT2D eigenvalue weighted by Gasteiger charge is -2.25. The first-order chi connectivity index (χ1) is 11.6. The Labute approximate surface area is 154 Å². The molecule has 0 aliphatic carbocycles. The highest BCUT2D eigenvalue weighted by Crippen LogP contribution is 2.17. The van der Waals surface area contributed by atoms with Crippen LogP contribution in [-0.4, -0.2) is 44.3 Å². The molecule has 6 heteroatoms. The van der Waals surface area contributed by atoms with Crippen molar-refractivity contribution in [1.29, 1.82) is 0 Å². The Morgan fingerprint density at radius 1 is 1.25 bits per heavy atom.